The molecule has 0 aliphatic carbocycles. The van der Waals surface area contributed by atoms with Crippen molar-refractivity contribution in [1.82, 2.24) is 10.2 Å². The summed E-state index contributed by atoms with van der Waals surface area (Å²) in [6, 6.07) is 12.4. The minimum absolute atomic E-state index is 0.170. The Morgan fingerprint density at radius 2 is 1.88 bits per heavy atom. The summed E-state index contributed by atoms with van der Waals surface area (Å²) in [7, 11) is -3.49. The molecule has 0 spiro atoms. The second-order valence-corrected chi connectivity index (χ2v) is 11.3. The largest absolute Gasteiger partial charge is 0.296 e. The van der Waals surface area contributed by atoms with Crippen molar-refractivity contribution in [3.8, 4) is 0 Å². The van der Waals surface area contributed by atoms with E-state index in [2.05, 4.69) is 22.1 Å². The number of aromatic nitrogens is 2. The molecule has 0 aliphatic heterocycles. The highest BCUT2D eigenvalue weighted by molar-refractivity contribution is 8.01. The maximum atomic E-state index is 12.5. The van der Waals surface area contributed by atoms with Crippen LogP contribution in [0, 0.1) is 13.8 Å². The van der Waals surface area contributed by atoms with Crippen molar-refractivity contribution in [3.63, 3.8) is 0 Å². The smallest absolute Gasteiger partial charge is 0.257 e. The number of aryl methyl sites for hydroxylation is 2. The predicted octanol–water partition coefficient (Wildman–Crippen LogP) is 4.65. The third-order valence-electron chi connectivity index (χ3n) is 4.67. The van der Waals surface area contributed by atoms with Gasteiger partial charge in [0.25, 0.3) is 5.91 Å². The van der Waals surface area contributed by atoms with Crippen molar-refractivity contribution in [2.24, 2.45) is 0 Å². The number of anilines is 2. The Bertz CT molecular complexity index is 1220. The maximum Gasteiger partial charge on any atom is 0.257 e. The first-order chi connectivity index (χ1) is 15.2. The van der Waals surface area contributed by atoms with Crippen LogP contribution >= 0.6 is 23.1 Å². The van der Waals surface area contributed by atoms with E-state index in [0.29, 0.717) is 16.4 Å². The van der Waals surface area contributed by atoms with E-state index in [0.717, 1.165) is 26.8 Å². The maximum absolute atomic E-state index is 12.5. The van der Waals surface area contributed by atoms with E-state index < -0.39 is 10.0 Å². The zero-order chi connectivity index (χ0) is 23.3. The van der Waals surface area contributed by atoms with Crippen LogP contribution < -0.4 is 9.62 Å². The van der Waals surface area contributed by atoms with Gasteiger partial charge in [0.2, 0.25) is 15.2 Å². The number of carbonyl (C=O) groups is 1. The van der Waals surface area contributed by atoms with Crippen LogP contribution in [0.15, 0.2) is 59.5 Å². The third-order valence-corrected chi connectivity index (χ3v) is 7.78. The minimum Gasteiger partial charge on any atom is -0.296 e. The lowest BCUT2D eigenvalue weighted by molar-refractivity contribution is 0.102. The second kappa shape index (κ2) is 10.3. The first-order valence-corrected chi connectivity index (χ1v) is 13.3. The molecular weight excluding hydrogens is 464 g/mol. The lowest BCUT2D eigenvalue weighted by Gasteiger charge is -2.23. The molecule has 168 valence electrons. The first kappa shape index (κ1) is 24.0. The van der Waals surface area contributed by atoms with Crippen LogP contribution in [0.2, 0.25) is 0 Å². The Morgan fingerprint density at radius 1 is 1.16 bits per heavy atom. The highest BCUT2D eigenvalue weighted by Gasteiger charge is 2.19. The van der Waals surface area contributed by atoms with Crippen LogP contribution in [-0.4, -0.2) is 36.5 Å². The molecule has 32 heavy (non-hydrogen) atoms. The highest BCUT2D eigenvalue weighted by atomic mass is 32.2. The van der Waals surface area contributed by atoms with E-state index in [1.165, 1.54) is 33.7 Å². The van der Waals surface area contributed by atoms with E-state index in [1.54, 1.807) is 36.4 Å². The lowest BCUT2D eigenvalue weighted by atomic mass is 10.1. The monoisotopic (exact) mass is 488 g/mol. The molecule has 0 unspecified atom stereocenters. The molecule has 7 nitrogen and oxygen atoms in total. The van der Waals surface area contributed by atoms with Crippen LogP contribution in [0.4, 0.5) is 10.8 Å². The van der Waals surface area contributed by atoms with Gasteiger partial charge in [0.05, 0.1) is 18.5 Å². The fraction of sp³-hybridized carbons (Fsp3) is 0.227. The number of sulfonamides is 1. The van der Waals surface area contributed by atoms with Gasteiger partial charge in [0, 0.05) is 11.3 Å². The number of thioether (sulfide) groups is 1. The molecule has 0 saturated carbocycles. The summed E-state index contributed by atoms with van der Waals surface area (Å²) in [5.74, 6) is 0.415. The number of hydrogen-bond acceptors (Lipinski definition) is 7. The average molecular weight is 489 g/mol. The normalized spacial score (nSPS) is 11.2. The van der Waals surface area contributed by atoms with Crippen LogP contribution in [0.5, 0.6) is 0 Å². The minimum atomic E-state index is -3.49. The Labute approximate surface area is 196 Å². The zero-order valence-electron chi connectivity index (χ0n) is 18.0. The molecule has 2 aromatic carbocycles. The standard InChI is InChI=1S/C22H24N4O3S3/c1-5-12-30-22-25-24-21(31-22)23-20(27)18-9-7-17(8-10-18)14-26(32(4,28)29)19-11-6-15(2)16(3)13-19/h5-11,13H,1,12,14H2,2-4H3,(H,23,24,27). The molecule has 10 heteroatoms. The predicted molar refractivity (Wildman–Crippen MR) is 132 cm³/mol. The summed E-state index contributed by atoms with van der Waals surface area (Å²) in [6.07, 6.45) is 2.96. The number of carbonyl (C=O) groups excluding carboxylic acids is 1. The number of rotatable bonds is 9. The summed E-state index contributed by atoms with van der Waals surface area (Å²) in [5.41, 5.74) is 3.94. The van der Waals surface area contributed by atoms with Gasteiger partial charge < -0.3 is 0 Å². The molecule has 3 aromatic rings. The SMILES string of the molecule is C=CCSc1nnc(NC(=O)c2ccc(CN(c3ccc(C)c(C)c3)S(C)(=O)=O)cc2)s1. The van der Waals surface area contributed by atoms with E-state index in [4.69, 9.17) is 0 Å². The summed E-state index contributed by atoms with van der Waals surface area (Å²) < 4.78 is 27.0. The summed E-state index contributed by atoms with van der Waals surface area (Å²) >= 11 is 2.79. The fourth-order valence-electron chi connectivity index (χ4n) is 2.83. The molecule has 0 fully saturated rings. The van der Waals surface area contributed by atoms with E-state index in [1.807, 2.05) is 26.0 Å². The molecule has 0 atom stereocenters. The van der Waals surface area contributed by atoms with Crippen molar-refractivity contribution in [2.75, 3.05) is 21.6 Å². The third kappa shape index (κ3) is 6.18. The van der Waals surface area contributed by atoms with Gasteiger partial charge in [-0.3, -0.25) is 14.4 Å². The van der Waals surface area contributed by atoms with Crippen molar-refractivity contribution >= 4 is 49.8 Å². The molecule has 1 amide bonds. The number of nitrogens with zero attached hydrogens (tertiary/aromatic N) is 3. The van der Waals surface area contributed by atoms with Crippen molar-refractivity contribution in [2.45, 2.75) is 24.7 Å². The topological polar surface area (TPSA) is 92.3 Å². The number of amides is 1. The van der Waals surface area contributed by atoms with Crippen molar-refractivity contribution in [3.05, 3.63) is 77.4 Å². The van der Waals surface area contributed by atoms with Gasteiger partial charge in [0.1, 0.15) is 0 Å². The molecule has 1 aromatic heterocycles. The Hall–Kier alpha value is -2.69. The summed E-state index contributed by atoms with van der Waals surface area (Å²) in [4.78, 5) is 12.5. The molecule has 3 rings (SSSR count). The van der Waals surface area contributed by atoms with Gasteiger partial charge >= 0.3 is 0 Å². The number of benzene rings is 2. The Kier molecular flexibility index (Phi) is 7.70. The van der Waals surface area contributed by atoms with Crippen molar-refractivity contribution < 1.29 is 13.2 Å². The van der Waals surface area contributed by atoms with Crippen LogP contribution in [-0.2, 0) is 16.6 Å². The molecule has 0 bridgehead atoms. The van der Waals surface area contributed by atoms with E-state index in [9.17, 15) is 13.2 Å². The van der Waals surface area contributed by atoms with Crippen LogP contribution in [0.1, 0.15) is 27.0 Å². The van der Waals surface area contributed by atoms with Crippen LogP contribution in [0.25, 0.3) is 0 Å². The zero-order valence-corrected chi connectivity index (χ0v) is 20.5. The van der Waals surface area contributed by atoms with Crippen LogP contribution in [0.3, 0.4) is 0 Å². The summed E-state index contributed by atoms with van der Waals surface area (Å²) in [5, 5.41) is 11.1. The molecular formula is C22H24N4O3S3. The van der Waals surface area contributed by atoms with E-state index >= 15 is 0 Å². The van der Waals surface area contributed by atoms with Gasteiger partial charge in [-0.15, -0.1) is 16.8 Å². The average Bonchev–Trinajstić information content (AvgIpc) is 3.19. The van der Waals surface area contributed by atoms with Gasteiger partial charge in [-0.25, -0.2) is 8.42 Å². The molecule has 0 saturated heterocycles. The fourth-order valence-corrected chi connectivity index (χ4v) is 5.21. The van der Waals surface area contributed by atoms with Gasteiger partial charge in [-0.2, -0.15) is 0 Å². The first-order valence-electron chi connectivity index (χ1n) is 9.70. The van der Waals surface area contributed by atoms with E-state index in [-0.39, 0.29) is 12.5 Å². The molecule has 0 radical (unpaired) electrons. The second-order valence-electron chi connectivity index (χ2n) is 7.16. The quantitative estimate of drug-likeness (QED) is 0.268. The highest BCUT2D eigenvalue weighted by Crippen LogP contribution is 2.26. The molecule has 1 N–H and O–H groups in total. The lowest BCUT2D eigenvalue weighted by Crippen LogP contribution is -2.29. The van der Waals surface area contributed by atoms with Crippen molar-refractivity contribution in [1.29, 1.82) is 0 Å². The van der Waals surface area contributed by atoms with Gasteiger partial charge in [-0.05, 0) is 54.8 Å². The Balaban J connectivity index is 1.72. The van der Waals surface area contributed by atoms with Gasteiger partial charge in [-0.1, -0.05) is 47.4 Å². The molecule has 1 heterocycles. The summed E-state index contributed by atoms with van der Waals surface area (Å²) in [6.45, 7) is 7.77. The Morgan fingerprint density at radius 3 is 2.50 bits per heavy atom. The van der Waals surface area contributed by atoms with Gasteiger partial charge in [0.15, 0.2) is 4.34 Å². The molecule has 0 aliphatic rings. The number of hydrogen-bond donors (Lipinski definition) is 1. The number of nitrogens with one attached hydrogen (secondary N) is 1.